The van der Waals surface area contributed by atoms with Gasteiger partial charge in [-0.3, -0.25) is 4.79 Å². The quantitative estimate of drug-likeness (QED) is 0.779. The van der Waals surface area contributed by atoms with Crippen molar-refractivity contribution in [1.29, 1.82) is 0 Å². The Labute approximate surface area is 87.5 Å². The van der Waals surface area contributed by atoms with Crippen molar-refractivity contribution in [2.75, 3.05) is 0 Å². The predicted molar refractivity (Wildman–Crippen MR) is 52.0 cm³/mol. The number of nitrogens with zero attached hydrogens (tertiary/aromatic N) is 2. The minimum atomic E-state index is -0.833. The summed E-state index contributed by atoms with van der Waals surface area (Å²) in [4.78, 5) is 28.5. The van der Waals surface area contributed by atoms with Gasteiger partial charge in [0, 0.05) is 13.1 Å². The van der Waals surface area contributed by atoms with Crippen molar-refractivity contribution in [2.24, 2.45) is 5.92 Å². The van der Waals surface area contributed by atoms with Gasteiger partial charge in [0.1, 0.15) is 6.33 Å². The lowest BCUT2D eigenvalue weighted by molar-refractivity contribution is -0.147. The van der Waals surface area contributed by atoms with Crippen molar-refractivity contribution in [1.82, 2.24) is 9.71 Å². The van der Waals surface area contributed by atoms with E-state index in [4.69, 9.17) is 14.7 Å². The molecule has 6 heteroatoms. The number of aliphatic carboxylic acids is 1. The summed E-state index contributed by atoms with van der Waals surface area (Å²) in [6.07, 6.45) is 4.55. The van der Waals surface area contributed by atoms with Gasteiger partial charge < -0.3 is 9.94 Å². The van der Waals surface area contributed by atoms with E-state index < -0.39 is 5.97 Å². The van der Waals surface area contributed by atoms with Crippen molar-refractivity contribution >= 4 is 11.9 Å². The zero-order chi connectivity index (χ0) is 11.8. The third-order valence-corrected chi connectivity index (χ3v) is 1.15. The molecule has 1 aromatic heterocycles. The van der Waals surface area contributed by atoms with Gasteiger partial charge in [-0.25, -0.2) is 9.78 Å². The zero-order valence-electron chi connectivity index (χ0n) is 8.88. The highest BCUT2D eigenvalue weighted by molar-refractivity contribution is 5.71. The molecule has 1 heterocycles. The van der Waals surface area contributed by atoms with Gasteiger partial charge in [0.25, 0.3) is 5.97 Å². The molecule has 1 rings (SSSR count). The molecule has 0 radical (unpaired) electrons. The van der Waals surface area contributed by atoms with Gasteiger partial charge in [-0.15, -0.1) is 0 Å². The number of hydrogen-bond acceptors (Lipinski definition) is 4. The van der Waals surface area contributed by atoms with Gasteiger partial charge in [-0.2, -0.15) is 4.73 Å². The Morgan fingerprint density at radius 3 is 2.33 bits per heavy atom. The first-order chi connectivity index (χ1) is 6.93. The fraction of sp³-hybridized carbons (Fsp3) is 0.444. The number of carbonyl (C=O) groups excluding carboxylic acids is 1. The molecular formula is C9H14N2O4. The molecule has 0 bridgehead atoms. The number of rotatable bonds is 2. The van der Waals surface area contributed by atoms with Crippen LogP contribution in [0.15, 0.2) is 18.7 Å². The molecule has 0 unspecified atom stereocenters. The van der Waals surface area contributed by atoms with E-state index in [1.165, 1.54) is 11.1 Å². The van der Waals surface area contributed by atoms with Crippen molar-refractivity contribution in [3.63, 3.8) is 0 Å². The summed E-state index contributed by atoms with van der Waals surface area (Å²) in [6, 6.07) is 0. The normalized spacial score (nSPS) is 9.07. The maximum atomic E-state index is 10.9. The smallest absolute Gasteiger partial charge is 0.335 e. The fourth-order valence-corrected chi connectivity index (χ4v) is 0.510. The van der Waals surface area contributed by atoms with Crippen LogP contribution in [-0.4, -0.2) is 26.8 Å². The van der Waals surface area contributed by atoms with Gasteiger partial charge in [0.15, 0.2) is 0 Å². The van der Waals surface area contributed by atoms with Crippen LogP contribution in [0.5, 0.6) is 0 Å². The summed E-state index contributed by atoms with van der Waals surface area (Å²) in [5.41, 5.74) is 0. The van der Waals surface area contributed by atoms with Crippen LogP contribution in [-0.2, 0) is 9.59 Å². The first-order valence-electron chi connectivity index (χ1n) is 4.33. The molecule has 0 saturated carbocycles. The van der Waals surface area contributed by atoms with Crippen molar-refractivity contribution in [2.45, 2.75) is 20.8 Å². The number of carboxylic acids is 1. The van der Waals surface area contributed by atoms with E-state index in [0.717, 1.165) is 6.92 Å². The van der Waals surface area contributed by atoms with E-state index in [1.54, 1.807) is 26.2 Å². The lowest BCUT2D eigenvalue weighted by Gasteiger charge is -2.04. The second kappa shape index (κ2) is 6.58. The topological polar surface area (TPSA) is 81.4 Å². The molecule has 0 fully saturated rings. The van der Waals surface area contributed by atoms with Crippen LogP contribution >= 0.6 is 0 Å². The molecule has 1 aromatic rings. The minimum Gasteiger partial charge on any atom is -0.481 e. The molecule has 0 aromatic carbocycles. The zero-order valence-corrected chi connectivity index (χ0v) is 8.88. The van der Waals surface area contributed by atoms with Crippen LogP contribution < -0.4 is 4.84 Å². The number of aromatic nitrogens is 2. The number of carboxylic acid groups (broad SMARTS) is 1. The Hall–Kier alpha value is -1.85. The lowest BCUT2D eigenvalue weighted by Crippen LogP contribution is -2.22. The van der Waals surface area contributed by atoms with E-state index in [9.17, 15) is 4.79 Å². The summed E-state index contributed by atoms with van der Waals surface area (Å²) in [5.74, 6) is -1.21. The molecule has 84 valence electrons. The minimum absolute atomic E-state index is 0.114. The molecule has 15 heavy (non-hydrogen) atoms. The molecule has 0 atom stereocenters. The predicted octanol–water partition coefficient (Wildman–Crippen LogP) is 0.585. The summed E-state index contributed by atoms with van der Waals surface area (Å²) >= 11 is 0. The van der Waals surface area contributed by atoms with Gasteiger partial charge in [-0.05, 0) is 0 Å². The third kappa shape index (κ3) is 7.24. The Bertz CT molecular complexity index is 302. The molecule has 0 aliphatic rings. The second-order valence-corrected chi connectivity index (χ2v) is 3.01. The van der Waals surface area contributed by atoms with E-state index in [1.807, 2.05) is 0 Å². The number of imidazole rings is 1. The van der Waals surface area contributed by atoms with E-state index in [0.29, 0.717) is 0 Å². The monoisotopic (exact) mass is 214 g/mol. The Morgan fingerprint density at radius 1 is 1.47 bits per heavy atom. The Morgan fingerprint density at radius 2 is 2.00 bits per heavy atom. The molecule has 6 nitrogen and oxygen atoms in total. The summed E-state index contributed by atoms with van der Waals surface area (Å²) in [5, 5.41) is 7.42. The maximum absolute atomic E-state index is 10.9. The summed E-state index contributed by atoms with van der Waals surface area (Å²) in [6.45, 7) is 4.64. The van der Waals surface area contributed by atoms with Crippen LogP contribution in [0.25, 0.3) is 0 Å². The van der Waals surface area contributed by atoms with Gasteiger partial charge in [-0.1, -0.05) is 13.8 Å². The van der Waals surface area contributed by atoms with Gasteiger partial charge in [0.2, 0.25) is 0 Å². The first-order valence-corrected chi connectivity index (χ1v) is 4.33. The van der Waals surface area contributed by atoms with Crippen LogP contribution in [0, 0.1) is 5.92 Å². The molecule has 0 spiro atoms. The molecule has 1 N–H and O–H groups in total. The van der Waals surface area contributed by atoms with Crippen molar-refractivity contribution in [3.8, 4) is 0 Å². The lowest BCUT2D eigenvalue weighted by atomic mass is 10.2. The molecule has 0 aliphatic carbocycles. The van der Waals surface area contributed by atoms with Crippen LogP contribution in [0.4, 0.5) is 0 Å². The largest absolute Gasteiger partial charge is 0.481 e. The Balaban J connectivity index is 0.000000423. The highest BCUT2D eigenvalue weighted by Gasteiger charge is 2.08. The van der Waals surface area contributed by atoms with Gasteiger partial charge >= 0.3 is 5.97 Å². The van der Waals surface area contributed by atoms with E-state index >= 15 is 0 Å². The summed E-state index contributed by atoms with van der Waals surface area (Å²) in [7, 11) is 0. The van der Waals surface area contributed by atoms with E-state index in [2.05, 4.69) is 4.98 Å². The maximum Gasteiger partial charge on any atom is 0.335 e. The SMILES string of the molecule is CC(=O)O.CC(C)C(=O)On1ccnc1. The molecule has 0 aliphatic heterocycles. The van der Waals surface area contributed by atoms with Crippen molar-refractivity contribution < 1.29 is 19.5 Å². The second-order valence-electron chi connectivity index (χ2n) is 3.01. The third-order valence-electron chi connectivity index (χ3n) is 1.15. The standard InChI is InChI=1S/C7H10N2O2.C2H4O2/c1-6(2)7(10)11-9-4-3-8-5-9;1-2(3)4/h3-6H,1-2H3;1H3,(H,3,4). The van der Waals surface area contributed by atoms with E-state index in [-0.39, 0.29) is 11.9 Å². The fourth-order valence-electron chi connectivity index (χ4n) is 0.510. The summed E-state index contributed by atoms with van der Waals surface area (Å²) < 4.78 is 1.28. The molecule has 0 saturated heterocycles. The van der Waals surface area contributed by atoms with Crippen molar-refractivity contribution in [3.05, 3.63) is 18.7 Å². The van der Waals surface area contributed by atoms with Crippen LogP contribution in [0.3, 0.4) is 0 Å². The van der Waals surface area contributed by atoms with Crippen LogP contribution in [0.1, 0.15) is 20.8 Å². The highest BCUT2D eigenvalue weighted by atomic mass is 16.7. The number of hydrogen-bond donors (Lipinski definition) is 1. The highest BCUT2D eigenvalue weighted by Crippen LogP contribution is 1.92. The van der Waals surface area contributed by atoms with Gasteiger partial charge in [0.05, 0.1) is 12.1 Å². The number of carbonyl (C=O) groups is 2. The first kappa shape index (κ1) is 13.2. The average molecular weight is 214 g/mol. The molecular weight excluding hydrogens is 200 g/mol. The van der Waals surface area contributed by atoms with Crippen LogP contribution in [0.2, 0.25) is 0 Å². The Kier molecular flexibility index (Phi) is 5.77. The average Bonchev–Trinajstić information content (AvgIpc) is 2.55. The molecule has 0 amide bonds.